The molecule has 1 aliphatic heterocycles. The number of fused-ring (bicyclic) bond motifs is 1. The molecule has 1 aliphatic rings. The summed E-state index contributed by atoms with van der Waals surface area (Å²) in [6.07, 6.45) is 2.22. The summed E-state index contributed by atoms with van der Waals surface area (Å²) in [6.45, 7) is 5.02. The summed E-state index contributed by atoms with van der Waals surface area (Å²) in [6, 6.07) is 6.39. The number of nitrogens with two attached hydrogens (primary N) is 1. The maximum Gasteiger partial charge on any atom is 0.161 e. The molecule has 3 N–H and O–H groups in total. The molecule has 0 saturated heterocycles. The van der Waals surface area contributed by atoms with Gasteiger partial charge in [0, 0.05) is 12.2 Å². The highest BCUT2D eigenvalue weighted by atomic mass is 16.4. The standard InChI is InChI=1S/C13H19N3O/c1-9-5-6-12-11(8-9)4-3-7-16(12)10(2)13(14)15-17/h5-6,8,10,17H,3-4,7H2,1-2H3,(H2,14,15). The van der Waals surface area contributed by atoms with Gasteiger partial charge in [0.15, 0.2) is 5.84 Å². The average Bonchev–Trinajstić information content (AvgIpc) is 2.35. The fourth-order valence-electron chi connectivity index (χ4n) is 2.40. The number of amidine groups is 1. The van der Waals surface area contributed by atoms with E-state index in [1.807, 2.05) is 6.92 Å². The second-order valence-electron chi connectivity index (χ2n) is 4.63. The molecule has 1 unspecified atom stereocenters. The van der Waals surface area contributed by atoms with Crippen LogP contribution in [0.15, 0.2) is 23.4 Å². The van der Waals surface area contributed by atoms with E-state index in [0.29, 0.717) is 0 Å². The quantitative estimate of drug-likeness (QED) is 0.355. The van der Waals surface area contributed by atoms with Gasteiger partial charge in [0.1, 0.15) is 0 Å². The molecular formula is C13H19N3O. The Kier molecular flexibility index (Phi) is 3.22. The first-order valence-corrected chi connectivity index (χ1v) is 5.97. The lowest BCUT2D eigenvalue weighted by Gasteiger charge is -2.35. The van der Waals surface area contributed by atoms with Crippen molar-refractivity contribution in [3.8, 4) is 0 Å². The minimum atomic E-state index is -0.0678. The number of rotatable bonds is 2. The fraction of sp³-hybridized carbons (Fsp3) is 0.462. The Morgan fingerprint density at radius 2 is 2.29 bits per heavy atom. The van der Waals surface area contributed by atoms with Gasteiger partial charge in [0.2, 0.25) is 0 Å². The van der Waals surface area contributed by atoms with Crippen LogP contribution >= 0.6 is 0 Å². The van der Waals surface area contributed by atoms with E-state index in [9.17, 15) is 0 Å². The Bertz CT molecular complexity index is 442. The molecule has 0 radical (unpaired) electrons. The van der Waals surface area contributed by atoms with E-state index < -0.39 is 0 Å². The van der Waals surface area contributed by atoms with Crippen LogP contribution in [0.25, 0.3) is 0 Å². The first-order valence-electron chi connectivity index (χ1n) is 5.97. The van der Waals surface area contributed by atoms with E-state index in [4.69, 9.17) is 10.9 Å². The van der Waals surface area contributed by atoms with Crippen LogP contribution in [0.4, 0.5) is 5.69 Å². The minimum absolute atomic E-state index is 0.0678. The summed E-state index contributed by atoms with van der Waals surface area (Å²) < 4.78 is 0. The third-order valence-electron chi connectivity index (χ3n) is 3.40. The molecule has 4 nitrogen and oxygen atoms in total. The zero-order chi connectivity index (χ0) is 12.4. The molecule has 2 rings (SSSR count). The maximum absolute atomic E-state index is 8.76. The number of nitrogens with zero attached hydrogens (tertiary/aromatic N) is 2. The van der Waals surface area contributed by atoms with E-state index in [1.165, 1.54) is 16.8 Å². The highest BCUT2D eigenvalue weighted by Gasteiger charge is 2.23. The minimum Gasteiger partial charge on any atom is -0.409 e. The lowest BCUT2D eigenvalue weighted by molar-refractivity contribution is 0.316. The number of hydrogen-bond acceptors (Lipinski definition) is 3. The van der Waals surface area contributed by atoms with E-state index in [2.05, 4.69) is 35.2 Å². The van der Waals surface area contributed by atoms with Crippen LogP contribution in [-0.4, -0.2) is 23.6 Å². The van der Waals surface area contributed by atoms with Crippen LogP contribution in [0.2, 0.25) is 0 Å². The van der Waals surface area contributed by atoms with E-state index in [1.54, 1.807) is 0 Å². The van der Waals surface area contributed by atoms with Gasteiger partial charge in [-0.05, 0) is 38.3 Å². The molecule has 4 heteroatoms. The van der Waals surface area contributed by atoms with Crippen molar-refractivity contribution in [2.75, 3.05) is 11.4 Å². The highest BCUT2D eigenvalue weighted by Crippen LogP contribution is 2.29. The molecule has 1 heterocycles. The second-order valence-corrected chi connectivity index (χ2v) is 4.63. The van der Waals surface area contributed by atoms with Gasteiger partial charge in [-0.1, -0.05) is 22.9 Å². The lowest BCUT2D eigenvalue weighted by Crippen LogP contribution is -2.45. The third-order valence-corrected chi connectivity index (χ3v) is 3.40. The molecular weight excluding hydrogens is 214 g/mol. The zero-order valence-electron chi connectivity index (χ0n) is 10.3. The van der Waals surface area contributed by atoms with Crippen molar-refractivity contribution in [2.45, 2.75) is 32.7 Å². The third kappa shape index (κ3) is 2.20. The largest absolute Gasteiger partial charge is 0.409 e. The molecule has 0 fully saturated rings. The number of benzene rings is 1. The van der Waals surface area contributed by atoms with Crippen molar-refractivity contribution < 1.29 is 5.21 Å². The molecule has 0 spiro atoms. The topological polar surface area (TPSA) is 61.8 Å². The highest BCUT2D eigenvalue weighted by molar-refractivity contribution is 5.88. The Hall–Kier alpha value is -1.71. The molecule has 0 aromatic heterocycles. The summed E-state index contributed by atoms with van der Waals surface area (Å²) in [5, 5.41) is 11.9. The molecule has 0 amide bonds. The summed E-state index contributed by atoms with van der Waals surface area (Å²) in [7, 11) is 0. The average molecular weight is 233 g/mol. The molecule has 1 aromatic carbocycles. The monoisotopic (exact) mass is 233 g/mol. The van der Waals surface area contributed by atoms with Gasteiger partial charge in [-0.15, -0.1) is 0 Å². The van der Waals surface area contributed by atoms with Gasteiger partial charge < -0.3 is 15.8 Å². The molecule has 1 atom stereocenters. The predicted octanol–water partition coefficient (Wildman–Crippen LogP) is 1.88. The Labute approximate surface area is 102 Å². The van der Waals surface area contributed by atoms with Crippen molar-refractivity contribution in [3.63, 3.8) is 0 Å². The first kappa shape index (κ1) is 11.8. The number of aryl methyl sites for hydroxylation is 2. The van der Waals surface area contributed by atoms with Crippen LogP contribution < -0.4 is 10.6 Å². The molecule has 0 bridgehead atoms. The van der Waals surface area contributed by atoms with Crippen LogP contribution in [-0.2, 0) is 6.42 Å². The Balaban J connectivity index is 2.35. The normalized spacial score (nSPS) is 17.8. The van der Waals surface area contributed by atoms with E-state index in [-0.39, 0.29) is 11.9 Å². The second kappa shape index (κ2) is 4.65. The van der Waals surface area contributed by atoms with Crippen molar-refractivity contribution in [1.29, 1.82) is 0 Å². The number of oxime groups is 1. The molecule has 0 aliphatic carbocycles. The van der Waals surface area contributed by atoms with Crippen molar-refractivity contribution in [2.24, 2.45) is 10.9 Å². The smallest absolute Gasteiger partial charge is 0.161 e. The Morgan fingerprint density at radius 1 is 1.53 bits per heavy atom. The van der Waals surface area contributed by atoms with E-state index >= 15 is 0 Å². The van der Waals surface area contributed by atoms with Gasteiger partial charge in [-0.25, -0.2) is 0 Å². The van der Waals surface area contributed by atoms with Crippen LogP contribution in [0.1, 0.15) is 24.5 Å². The lowest BCUT2D eigenvalue weighted by atomic mass is 9.98. The number of anilines is 1. The first-order chi connectivity index (χ1) is 8.13. The van der Waals surface area contributed by atoms with Gasteiger partial charge >= 0.3 is 0 Å². The van der Waals surface area contributed by atoms with Gasteiger partial charge in [0.05, 0.1) is 6.04 Å². The van der Waals surface area contributed by atoms with Gasteiger partial charge in [-0.2, -0.15) is 0 Å². The molecule has 17 heavy (non-hydrogen) atoms. The summed E-state index contributed by atoms with van der Waals surface area (Å²) in [4.78, 5) is 2.20. The zero-order valence-corrected chi connectivity index (χ0v) is 10.3. The van der Waals surface area contributed by atoms with Crippen LogP contribution in [0.5, 0.6) is 0 Å². The van der Waals surface area contributed by atoms with Gasteiger partial charge in [0.25, 0.3) is 0 Å². The predicted molar refractivity (Wildman–Crippen MR) is 69.7 cm³/mol. The van der Waals surface area contributed by atoms with E-state index in [0.717, 1.165) is 19.4 Å². The van der Waals surface area contributed by atoms with Crippen LogP contribution in [0, 0.1) is 6.92 Å². The van der Waals surface area contributed by atoms with Gasteiger partial charge in [-0.3, -0.25) is 0 Å². The summed E-state index contributed by atoms with van der Waals surface area (Å²) in [5.74, 6) is 0.262. The number of hydrogen-bond donors (Lipinski definition) is 2. The van der Waals surface area contributed by atoms with Crippen molar-refractivity contribution >= 4 is 11.5 Å². The fourth-order valence-corrected chi connectivity index (χ4v) is 2.40. The summed E-state index contributed by atoms with van der Waals surface area (Å²) >= 11 is 0. The summed E-state index contributed by atoms with van der Waals surface area (Å²) in [5.41, 5.74) is 9.54. The molecule has 0 saturated carbocycles. The maximum atomic E-state index is 8.76. The van der Waals surface area contributed by atoms with Crippen LogP contribution in [0.3, 0.4) is 0 Å². The van der Waals surface area contributed by atoms with Crippen molar-refractivity contribution in [1.82, 2.24) is 0 Å². The SMILES string of the molecule is Cc1ccc2c(c1)CCCN2C(C)C(N)=NO. The molecule has 92 valence electrons. The molecule has 1 aromatic rings. The Morgan fingerprint density at radius 3 is 3.00 bits per heavy atom. The van der Waals surface area contributed by atoms with Crippen molar-refractivity contribution in [3.05, 3.63) is 29.3 Å².